The van der Waals surface area contributed by atoms with Gasteiger partial charge in [-0.3, -0.25) is 4.79 Å². The van der Waals surface area contributed by atoms with E-state index >= 15 is 0 Å². The van der Waals surface area contributed by atoms with Gasteiger partial charge in [0.15, 0.2) is 0 Å². The Kier molecular flexibility index (Phi) is 6.84. The third-order valence-electron chi connectivity index (χ3n) is 4.35. The van der Waals surface area contributed by atoms with Gasteiger partial charge in [-0.2, -0.15) is 13.2 Å². The van der Waals surface area contributed by atoms with E-state index in [1.54, 1.807) is 6.07 Å². The fourth-order valence-electron chi connectivity index (χ4n) is 2.92. The number of carbonyl (C=O) groups excluding carboxylic acids is 1. The lowest BCUT2D eigenvalue weighted by atomic mass is 10.0. The van der Waals surface area contributed by atoms with E-state index in [2.05, 4.69) is 5.32 Å². The molecule has 2 rings (SSSR count). The Morgan fingerprint density at radius 1 is 1.28 bits per heavy atom. The number of hydrogen-bond acceptors (Lipinski definition) is 3. The smallest absolute Gasteiger partial charge is 0.375 e. The molecule has 4 nitrogen and oxygen atoms in total. The van der Waals surface area contributed by atoms with E-state index in [4.69, 9.17) is 4.74 Å². The topological polar surface area (TPSA) is 41.6 Å². The predicted molar refractivity (Wildman–Crippen MR) is 88.9 cm³/mol. The lowest BCUT2D eigenvalue weighted by Gasteiger charge is -2.33. The maximum Gasteiger partial charge on any atom is 0.416 e. The second kappa shape index (κ2) is 8.67. The molecule has 1 heterocycles. The van der Waals surface area contributed by atoms with Crippen LogP contribution in [0.1, 0.15) is 31.4 Å². The largest absolute Gasteiger partial charge is 0.416 e. The predicted octanol–water partition coefficient (Wildman–Crippen LogP) is 3.07. The summed E-state index contributed by atoms with van der Waals surface area (Å²) in [5, 5.41) is 3.19. The van der Waals surface area contributed by atoms with Crippen LogP contribution in [0.15, 0.2) is 24.3 Å². The molecule has 1 aromatic rings. The zero-order valence-corrected chi connectivity index (χ0v) is 14.6. The number of carbonyl (C=O) groups is 1. The van der Waals surface area contributed by atoms with Crippen LogP contribution in [-0.4, -0.2) is 43.1 Å². The van der Waals surface area contributed by atoms with Gasteiger partial charge in [-0.05, 0) is 23.6 Å². The Bertz CT molecular complexity index is 576. The number of halogens is 3. The summed E-state index contributed by atoms with van der Waals surface area (Å²) < 4.78 is 43.9. The zero-order valence-electron chi connectivity index (χ0n) is 14.6. The van der Waals surface area contributed by atoms with Crippen molar-refractivity contribution in [2.45, 2.75) is 39.1 Å². The molecule has 1 aromatic carbocycles. The van der Waals surface area contributed by atoms with Crippen LogP contribution in [0.25, 0.3) is 0 Å². The first-order valence-corrected chi connectivity index (χ1v) is 8.53. The molecule has 1 aliphatic heterocycles. The molecule has 0 unspecified atom stereocenters. The highest BCUT2D eigenvalue weighted by Crippen LogP contribution is 2.29. The quantitative estimate of drug-likeness (QED) is 0.850. The van der Waals surface area contributed by atoms with E-state index in [9.17, 15) is 18.0 Å². The van der Waals surface area contributed by atoms with Crippen LogP contribution in [0.5, 0.6) is 0 Å². The van der Waals surface area contributed by atoms with E-state index in [0.717, 1.165) is 18.7 Å². The van der Waals surface area contributed by atoms with Crippen molar-refractivity contribution in [3.05, 3.63) is 35.4 Å². The van der Waals surface area contributed by atoms with Crippen LogP contribution in [-0.2, 0) is 22.3 Å². The summed E-state index contributed by atoms with van der Waals surface area (Å²) in [5.41, 5.74) is -0.205. The fraction of sp³-hybridized carbons (Fsp3) is 0.611. The van der Waals surface area contributed by atoms with Gasteiger partial charge in [-0.25, -0.2) is 0 Å². The second-order valence-corrected chi connectivity index (χ2v) is 6.61. The average molecular weight is 358 g/mol. The van der Waals surface area contributed by atoms with Gasteiger partial charge in [0.2, 0.25) is 5.91 Å². The lowest BCUT2D eigenvalue weighted by Crippen LogP contribution is -2.46. The number of rotatable bonds is 6. The highest BCUT2D eigenvalue weighted by molar-refractivity contribution is 5.77. The van der Waals surface area contributed by atoms with Gasteiger partial charge in [-0.15, -0.1) is 0 Å². The first-order valence-electron chi connectivity index (χ1n) is 8.53. The molecule has 0 spiro atoms. The Morgan fingerprint density at radius 3 is 2.72 bits per heavy atom. The molecule has 0 radical (unpaired) electrons. The summed E-state index contributed by atoms with van der Waals surface area (Å²) in [4.78, 5) is 14.1. The van der Waals surface area contributed by atoms with Gasteiger partial charge in [0, 0.05) is 26.1 Å². The molecule has 0 bridgehead atoms. The minimum absolute atomic E-state index is 0.0850. The molecule has 1 atom stereocenters. The number of nitrogens with zero attached hydrogens (tertiary/aromatic N) is 1. The summed E-state index contributed by atoms with van der Waals surface area (Å²) in [7, 11) is 0. The number of ether oxygens (including phenoxy) is 1. The Balaban J connectivity index is 1.96. The summed E-state index contributed by atoms with van der Waals surface area (Å²) >= 11 is 0. The molecular formula is C18H25F3N2O2. The number of nitrogens with one attached hydrogen (secondary N) is 1. The van der Waals surface area contributed by atoms with E-state index in [0.29, 0.717) is 31.7 Å². The first-order chi connectivity index (χ1) is 11.8. The molecule has 0 saturated carbocycles. The maximum absolute atomic E-state index is 12.8. The molecule has 0 aromatic heterocycles. The molecule has 0 aliphatic carbocycles. The third kappa shape index (κ3) is 5.71. The standard InChI is InChI=1S/C18H25F3N2O2/c1-13(2)16(23-9-8-22-7-6-17(23)24)12-25-11-14-4-3-5-15(10-14)18(19,20)21/h3-5,10,13,16,22H,6-9,11-12H2,1-2H3/t16-/m1/s1. The van der Waals surface area contributed by atoms with Crippen molar-refractivity contribution >= 4 is 5.91 Å². The Hall–Kier alpha value is -1.60. The Labute approximate surface area is 146 Å². The number of hydrogen-bond donors (Lipinski definition) is 1. The fourth-order valence-corrected chi connectivity index (χ4v) is 2.92. The zero-order chi connectivity index (χ0) is 18.4. The average Bonchev–Trinajstić information content (AvgIpc) is 2.75. The van der Waals surface area contributed by atoms with Crippen molar-refractivity contribution in [2.75, 3.05) is 26.2 Å². The molecule has 1 fully saturated rings. The van der Waals surface area contributed by atoms with Crippen LogP contribution in [0.4, 0.5) is 13.2 Å². The highest BCUT2D eigenvalue weighted by atomic mass is 19.4. The lowest BCUT2D eigenvalue weighted by molar-refractivity contribution is -0.138. The minimum atomic E-state index is -4.36. The number of amides is 1. The van der Waals surface area contributed by atoms with Crippen molar-refractivity contribution in [3.8, 4) is 0 Å². The monoisotopic (exact) mass is 358 g/mol. The summed E-state index contributed by atoms with van der Waals surface area (Å²) in [6, 6.07) is 5.05. The van der Waals surface area contributed by atoms with Crippen LogP contribution in [0.3, 0.4) is 0 Å². The van der Waals surface area contributed by atoms with Crippen LogP contribution >= 0.6 is 0 Å². The van der Waals surface area contributed by atoms with Crippen LogP contribution in [0, 0.1) is 5.92 Å². The summed E-state index contributed by atoms with van der Waals surface area (Å²) in [5.74, 6) is 0.287. The number of alkyl halides is 3. The van der Waals surface area contributed by atoms with Gasteiger partial charge >= 0.3 is 6.18 Å². The van der Waals surface area contributed by atoms with Gasteiger partial charge in [0.25, 0.3) is 0 Å². The highest BCUT2D eigenvalue weighted by Gasteiger charge is 2.30. The molecule has 7 heteroatoms. The van der Waals surface area contributed by atoms with Crippen molar-refractivity contribution in [2.24, 2.45) is 5.92 Å². The molecule has 140 valence electrons. The van der Waals surface area contributed by atoms with Crippen LogP contribution in [0.2, 0.25) is 0 Å². The van der Waals surface area contributed by atoms with Gasteiger partial charge in [-0.1, -0.05) is 26.0 Å². The first kappa shape index (κ1) is 19.7. The van der Waals surface area contributed by atoms with E-state index in [-0.39, 0.29) is 24.5 Å². The molecule has 1 saturated heterocycles. The normalized spacial score (nSPS) is 17.7. The SMILES string of the molecule is CC(C)[C@@H](COCc1cccc(C(F)(F)F)c1)N1CCNCCC1=O. The summed E-state index contributed by atoms with van der Waals surface area (Å²) in [6.45, 7) is 6.46. The van der Waals surface area contributed by atoms with E-state index < -0.39 is 11.7 Å². The van der Waals surface area contributed by atoms with E-state index in [1.807, 2.05) is 18.7 Å². The molecular weight excluding hydrogens is 333 g/mol. The van der Waals surface area contributed by atoms with Crippen molar-refractivity contribution in [3.63, 3.8) is 0 Å². The summed E-state index contributed by atoms with van der Waals surface area (Å²) in [6.07, 6.45) is -3.90. The second-order valence-electron chi connectivity index (χ2n) is 6.61. The number of benzene rings is 1. The molecule has 1 N–H and O–H groups in total. The minimum Gasteiger partial charge on any atom is -0.375 e. The van der Waals surface area contributed by atoms with E-state index in [1.165, 1.54) is 6.07 Å². The maximum atomic E-state index is 12.8. The van der Waals surface area contributed by atoms with Gasteiger partial charge in [0.1, 0.15) is 0 Å². The molecule has 25 heavy (non-hydrogen) atoms. The van der Waals surface area contributed by atoms with Crippen molar-refractivity contribution in [1.29, 1.82) is 0 Å². The van der Waals surface area contributed by atoms with Gasteiger partial charge < -0.3 is 15.0 Å². The van der Waals surface area contributed by atoms with Crippen molar-refractivity contribution < 1.29 is 22.7 Å². The third-order valence-corrected chi connectivity index (χ3v) is 4.35. The van der Waals surface area contributed by atoms with Crippen molar-refractivity contribution in [1.82, 2.24) is 10.2 Å². The Morgan fingerprint density at radius 2 is 2.04 bits per heavy atom. The van der Waals surface area contributed by atoms with Crippen LogP contribution < -0.4 is 5.32 Å². The van der Waals surface area contributed by atoms with Gasteiger partial charge in [0.05, 0.1) is 24.8 Å². The molecule has 1 aliphatic rings. The molecule has 1 amide bonds.